The Kier molecular flexibility index (Phi) is 4.86. The van der Waals surface area contributed by atoms with Gasteiger partial charge in [0, 0.05) is 18.9 Å². The minimum absolute atomic E-state index is 0.451. The molecule has 0 aromatic carbocycles. The Morgan fingerprint density at radius 1 is 1.41 bits per heavy atom. The van der Waals surface area contributed by atoms with E-state index >= 15 is 0 Å². The maximum atomic E-state index is 4.08. The van der Waals surface area contributed by atoms with E-state index in [9.17, 15) is 0 Å². The summed E-state index contributed by atoms with van der Waals surface area (Å²) in [6.45, 7) is 5.84. The molecular weight excluding hydrogens is 248 g/mol. The molecule has 0 saturated carbocycles. The lowest BCUT2D eigenvalue weighted by Crippen LogP contribution is -2.26. The van der Waals surface area contributed by atoms with E-state index in [4.69, 9.17) is 0 Å². The van der Waals surface area contributed by atoms with Crippen LogP contribution in [0.15, 0.2) is 18.7 Å². The minimum Gasteiger partial charge on any atom is -0.337 e. The molecule has 0 atom stereocenters. The van der Waals surface area contributed by atoms with E-state index in [0.29, 0.717) is 4.08 Å². The summed E-state index contributed by atoms with van der Waals surface area (Å²) in [5.74, 6) is 3.64. The van der Waals surface area contributed by atoms with E-state index in [1.807, 2.05) is 12.5 Å². The van der Waals surface area contributed by atoms with Crippen LogP contribution in [0.3, 0.4) is 0 Å². The second kappa shape index (κ2) is 6.19. The fourth-order valence-electron chi connectivity index (χ4n) is 2.06. The van der Waals surface area contributed by atoms with Crippen molar-refractivity contribution in [3.05, 3.63) is 18.7 Å². The number of imidazole rings is 1. The summed E-state index contributed by atoms with van der Waals surface area (Å²) in [5.41, 5.74) is 0. The molecule has 0 bridgehead atoms. The fraction of sp³-hybridized carbons (Fsp3) is 0.769. The van der Waals surface area contributed by atoms with E-state index in [2.05, 4.69) is 53.1 Å². The molecule has 96 valence electrons. The summed E-state index contributed by atoms with van der Waals surface area (Å²) in [4.78, 5) is 4.08. The van der Waals surface area contributed by atoms with Gasteiger partial charge in [0.25, 0.3) is 0 Å². The molecule has 1 aromatic heterocycles. The largest absolute Gasteiger partial charge is 0.337 e. The van der Waals surface area contributed by atoms with Gasteiger partial charge in [-0.2, -0.15) is 0 Å². The Morgan fingerprint density at radius 2 is 2.18 bits per heavy atom. The summed E-state index contributed by atoms with van der Waals surface area (Å²) < 4.78 is 2.63. The maximum absolute atomic E-state index is 4.08. The van der Waals surface area contributed by atoms with E-state index in [-0.39, 0.29) is 0 Å². The molecular formula is C13H22N2S2. The van der Waals surface area contributed by atoms with Crippen molar-refractivity contribution < 1.29 is 0 Å². The van der Waals surface area contributed by atoms with Crippen LogP contribution in [0.2, 0.25) is 0 Å². The number of aromatic nitrogens is 2. The Balaban J connectivity index is 1.71. The van der Waals surface area contributed by atoms with Gasteiger partial charge in [0.2, 0.25) is 0 Å². The van der Waals surface area contributed by atoms with Crippen molar-refractivity contribution in [2.45, 2.75) is 43.7 Å². The molecule has 2 nitrogen and oxygen atoms in total. The van der Waals surface area contributed by atoms with Crippen LogP contribution in [-0.4, -0.2) is 25.1 Å². The smallest absolute Gasteiger partial charge is 0.0945 e. The van der Waals surface area contributed by atoms with Crippen molar-refractivity contribution in [3.8, 4) is 0 Å². The highest BCUT2D eigenvalue weighted by Gasteiger charge is 2.31. The van der Waals surface area contributed by atoms with Gasteiger partial charge in [0.15, 0.2) is 0 Å². The normalized spacial score (nSPS) is 29.4. The van der Waals surface area contributed by atoms with Gasteiger partial charge >= 0.3 is 0 Å². The first-order chi connectivity index (χ1) is 8.22. The molecule has 0 radical (unpaired) electrons. The lowest BCUT2D eigenvalue weighted by atomic mass is 10.1. The van der Waals surface area contributed by atoms with Crippen LogP contribution < -0.4 is 0 Å². The molecule has 0 spiro atoms. The molecule has 2 rings (SSSR count). The first-order valence-electron chi connectivity index (χ1n) is 6.45. The molecule has 1 aliphatic heterocycles. The highest BCUT2D eigenvalue weighted by Crippen LogP contribution is 2.47. The predicted octanol–water partition coefficient (Wildman–Crippen LogP) is 3.89. The van der Waals surface area contributed by atoms with Crippen LogP contribution in [0.5, 0.6) is 0 Å². The molecule has 17 heavy (non-hydrogen) atoms. The summed E-state index contributed by atoms with van der Waals surface area (Å²) in [7, 11) is 0. The maximum Gasteiger partial charge on any atom is 0.0945 e. The van der Waals surface area contributed by atoms with Crippen LogP contribution in [0.4, 0.5) is 0 Å². The summed E-state index contributed by atoms with van der Waals surface area (Å²) in [6.07, 6.45) is 9.72. The lowest BCUT2D eigenvalue weighted by molar-refractivity contribution is 0.581. The standard InChI is InChI=1S/C13H22N2S2/c1-3-12-9-16-13(2,17-10-12)5-4-7-15-8-6-14-11-15/h6,8,11-12H,3-5,7,9-10H2,1-2H3. The van der Waals surface area contributed by atoms with E-state index in [1.54, 1.807) is 0 Å². The van der Waals surface area contributed by atoms with Crippen LogP contribution >= 0.6 is 23.5 Å². The van der Waals surface area contributed by atoms with E-state index in [0.717, 1.165) is 12.5 Å². The minimum atomic E-state index is 0.451. The molecule has 1 aliphatic rings. The number of rotatable bonds is 5. The van der Waals surface area contributed by atoms with Gasteiger partial charge in [-0.3, -0.25) is 0 Å². The Labute approximate surface area is 113 Å². The van der Waals surface area contributed by atoms with Crippen LogP contribution in [0, 0.1) is 5.92 Å². The fourth-order valence-corrected chi connectivity index (χ4v) is 5.41. The molecule has 4 heteroatoms. The average Bonchev–Trinajstić information content (AvgIpc) is 2.83. The Hall–Kier alpha value is -0.0900. The lowest BCUT2D eigenvalue weighted by Gasteiger charge is -2.36. The molecule has 0 aliphatic carbocycles. The summed E-state index contributed by atoms with van der Waals surface area (Å²) >= 11 is 4.35. The third-order valence-electron chi connectivity index (χ3n) is 3.43. The molecule has 1 fully saturated rings. The van der Waals surface area contributed by atoms with Gasteiger partial charge in [-0.25, -0.2) is 4.98 Å². The molecule has 2 heterocycles. The quantitative estimate of drug-likeness (QED) is 0.808. The van der Waals surface area contributed by atoms with Crippen molar-refractivity contribution in [2.75, 3.05) is 11.5 Å². The second-order valence-electron chi connectivity index (χ2n) is 4.93. The van der Waals surface area contributed by atoms with Crippen LogP contribution in [0.25, 0.3) is 0 Å². The molecule has 1 aromatic rings. The van der Waals surface area contributed by atoms with Gasteiger partial charge in [0.05, 0.1) is 10.4 Å². The Bertz CT molecular complexity index is 316. The topological polar surface area (TPSA) is 17.8 Å². The number of hydrogen-bond acceptors (Lipinski definition) is 3. The SMILES string of the molecule is CCC1CSC(C)(CCCn2ccnc2)SC1. The third kappa shape index (κ3) is 3.95. The highest BCUT2D eigenvalue weighted by atomic mass is 32.2. The first kappa shape index (κ1) is 13.3. The molecule has 1 saturated heterocycles. The zero-order valence-corrected chi connectivity index (χ0v) is 12.4. The molecule has 0 N–H and O–H groups in total. The van der Waals surface area contributed by atoms with E-state index in [1.165, 1.54) is 30.8 Å². The number of aryl methyl sites for hydroxylation is 1. The Morgan fingerprint density at radius 3 is 2.76 bits per heavy atom. The first-order valence-corrected chi connectivity index (χ1v) is 8.42. The van der Waals surface area contributed by atoms with Gasteiger partial charge in [-0.1, -0.05) is 13.3 Å². The molecule has 0 amide bonds. The second-order valence-corrected chi connectivity index (χ2v) is 8.24. The van der Waals surface area contributed by atoms with Crippen molar-refractivity contribution >= 4 is 23.5 Å². The van der Waals surface area contributed by atoms with Crippen LogP contribution in [0.1, 0.15) is 33.1 Å². The average molecular weight is 270 g/mol. The number of nitrogens with zero attached hydrogens (tertiary/aromatic N) is 2. The van der Waals surface area contributed by atoms with Crippen molar-refractivity contribution in [1.82, 2.24) is 9.55 Å². The highest BCUT2D eigenvalue weighted by molar-refractivity contribution is 8.18. The third-order valence-corrected chi connectivity index (χ3v) is 7.05. The van der Waals surface area contributed by atoms with Crippen molar-refractivity contribution in [3.63, 3.8) is 0 Å². The van der Waals surface area contributed by atoms with Gasteiger partial charge in [0.1, 0.15) is 0 Å². The zero-order valence-electron chi connectivity index (χ0n) is 10.8. The number of hydrogen-bond donors (Lipinski definition) is 0. The summed E-state index contributed by atoms with van der Waals surface area (Å²) in [5, 5.41) is 0. The van der Waals surface area contributed by atoms with Gasteiger partial charge in [-0.15, -0.1) is 23.5 Å². The molecule has 0 unspecified atom stereocenters. The van der Waals surface area contributed by atoms with Gasteiger partial charge < -0.3 is 4.57 Å². The summed E-state index contributed by atoms with van der Waals surface area (Å²) in [6, 6.07) is 0. The zero-order chi connectivity index (χ0) is 12.1. The predicted molar refractivity (Wildman–Crippen MR) is 78.6 cm³/mol. The van der Waals surface area contributed by atoms with Crippen molar-refractivity contribution in [2.24, 2.45) is 5.92 Å². The van der Waals surface area contributed by atoms with Crippen molar-refractivity contribution in [1.29, 1.82) is 0 Å². The van der Waals surface area contributed by atoms with E-state index < -0.39 is 0 Å². The van der Waals surface area contributed by atoms with Gasteiger partial charge in [-0.05, 0) is 37.2 Å². The van der Waals surface area contributed by atoms with Crippen LogP contribution in [-0.2, 0) is 6.54 Å². The number of thioether (sulfide) groups is 2. The monoisotopic (exact) mass is 270 g/mol.